The highest BCUT2D eigenvalue weighted by Crippen LogP contribution is 2.31. The molecule has 2 saturated heterocycles. The molecule has 0 saturated carbocycles. The van der Waals surface area contributed by atoms with Crippen LogP contribution >= 0.6 is 11.8 Å². The van der Waals surface area contributed by atoms with Crippen molar-refractivity contribution in [2.75, 3.05) is 19.7 Å². The Kier molecular flexibility index (Phi) is 6.79. The van der Waals surface area contributed by atoms with E-state index in [0.717, 1.165) is 60.8 Å². The second kappa shape index (κ2) is 9.78. The fourth-order valence-corrected chi connectivity index (χ4v) is 7.36. The van der Waals surface area contributed by atoms with E-state index in [4.69, 9.17) is 9.72 Å². The highest BCUT2D eigenvalue weighted by atomic mass is 32.2. The van der Waals surface area contributed by atoms with Crippen LogP contribution in [0.15, 0.2) is 58.6 Å². The van der Waals surface area contributed by atoms with E-state index in [0.29, 0.717) is 23.9 Å². The lowest BCUT2D eigenvalue weighted by Crippen LogP contribution is -2.39. The number of thioether (sulfide) groups is 1. The lowest BCUT2D eigenvalue weighted by atomic mass is 10.0. The Morgan fingerprint density at radius 2 is 1.97 bits per heavy atom. The summed E-state index contributed by atoms with van der Waals surface area (Å²) in [6.45, 7) is 4.85. The summed E-state index contributed by atoms with van der Waals surface area (Å²) in [7, 11) is -3.52. The van der Waals surface area contributed by atoms with Crippen molar-refractivity contribution < 1.29 is 13.2 Å². The monoisotopic (exact) mass is 485 g/mol. The Labute approximate surface area is 200 Å². The van der Waals surface area contributed by atoms with Crippen molar-refractivity contribution in [1.29, 1.82) is 0 Å². The number of fused-ring (bicyclic) bond motifs is 1. The standard InChI is InChI=1S/C25H31N3O3S2/c1-19-7-5-13-27(16-19)33(29,30)22-11-12-24-23(15-22)26-25(28(24)17-21-10-6-14-31-21)32-18-20-8-3-2-4-9-20/h2-4,8-9,11-12,15,19,21H,5-7,10,13-14,16-18H2,1H3/t19-,21-/m0/s1. The summed E-state index contributed by atoms with van der Waals surface area (Å²) in [5.41, 5.74) is 2.93. The Hall–Kier alpha value is -1.87. The first-order valence-electron chi connectivity index (χ1n) is 11.8. The maximum atomic E-state index is 13.3. The van der Waals surface area contributed by atoms with E-state index < -0.39 is 10.0 Å². The Bertz CT molecular complexity index is 1200. The van der Waals surface area contributed by atoms with Crippen LogP contribution < -0.4 is 0 Å². The van der Waals surface area contributed by atoms with Crippen molar-refractivity contribution in [3.05, 3.63) is 54.1 Å². The molecule has 0 spiro atoms. The van der Waals surface area contributed by atoms with E-state index in [1.165, 1.54) is 5.56 Å². The summed E-state index contributed by atoms with van der Waals surface area (Å²) >= 11 is 1.69. The molecule has 176 valence electrons. The molecular weight excluding hydrogens is 454 g/mol. The minimum Gasteiger partial charge on any atom is -0.376 e. The van der Waals surface area contributed by atoms with Crippen LogP contribution in [0.1, 0.15) is 38.2 Å². The molecule has 2 aliphatic rings. The van der Waals surface area contributed by atoms with Gasteiger partial charge in [-0.1, -0.05) is 49.0 Å². The number of ether oxygens (including phenoxy) is 1. The zero-order valence-corrected chi connectivity index (χ0v) is 20.7. The van der Waals surface area contributed by atoms with Crippen molar-refractivity contribution in [2.24, 2.45) is 5.92 Å². The summed E-state index contributed by atoms with van der Waals surface area (Å²) in [6.07, 6.45) is 4.30. The quantitative estimate of drug-likeness (QED) is 0.444. The van der Waals surface area contributed by atoms with Crippen molar-refractivity contribution in [2.45, 2.75) is 61.1 Å². The van der Waals surface area contributed by atoms with Gasteiger partial charge in [-0.15, -0.1) is 0 Å². The van der Waals surface area contributed by atoms with Crippen LogP contribution in [0.25, 0.3) is 11.0 Å². The summed E-state index contributed by atoms with van der Waals surface area (Å²) in [5, 5.41) is 0.908. The number of rotatable bonds is 7. The topological polar surface area (TPSA) is 64.4 Å². The Morgan fingerprint density at radius 3 is 2.73 bits per heavy atom. The third-order valence-electron chi connectivity index (χ3n) is 6.56. The van der Waals surface area contributed by atoms with Crippen LogP contribution in [-0.2, 0) is 27.1 Å². The van der Waals surface area contributed by atoms with Gasteiger partial charge in [-0.25, -0.2) is 13.4 Å². The number of nitrogens with zero attached hydrogens (tertiary/aromatic N) is 3. The molecule has 2 aliphatic heterocycles. The van der Waals surface area contributed by atoms with Gasteiger partial charge in [0.15, 0.2) is 5.16 Å². The summed E-state index contributed by atoms with van der Waals surface area (Å²) < 4.78 is 36.4. The number of imidazole rings is 1. The van der Waals surface area contributed by atoms with Gasteiger partial charge in [-0.3, -0.25) is 0 Å². The molecule has 6 nitrogen and oxygen atoms in total. The van der Waals surface area contributed by atoms with Crippen molar-refractivity contribution in [3.8, 4) is 0 Å². The van der Waals surface area contributed by atoms with E-state index in [1.54, 1.807) is 28.2 Å². The molecule has 0 bridgehead atoms. The van der Waals surface area contributed by atoms with Crippen LogP contribution in [0, 0.1) is 5.92 Å². The van der Waals surface area contributed by atoms with E-state index in [-0.39, 0.29) is 6.10 Å². The van der Waals surface area contributed by atoms with Crippen LogP contribution in [-0.4, -0.2) is 48.1 Å². The van der Waals surface area contributed by atoms with E-state index >= 15 is 0 Å². The fraction of sp³-hybridized carbons (Fsp3) is 0.480. The van der Waals surface area contributed by atoms with Gasteiger partial charge in [-0.05, 0) is 55.4 Å². The molecule has 2 aromatic carbocycles. The van der Waals surface area contributed by atoms with Gasteiger partial charge in [-0.2, -0.15) is 4.31 Å². The molecule has 3 heterocycles. The van der Waals surface area contributed by atoms with Gasteiger partial charge < -0.3 is 9.30 Å². The first kappa shape index (κ1) is 22.9. The number of piperidine rings is 1. The third-order valence-corrected chi connectivity index (χ3v) is 9.47. The lowest BCUT2D eigenvalue weighted by molar-refractivity contribution is 0.0960. The molecule has 33 heavy (non-hydrogen) atoms. The van der Waals surface area contributed by atoms with Gasteiger partial charge in [0.05, 0.1) is 28.6 Å². The average molecular weight is 486 g/mol. The molecule has 0 unspecified atom stereocenters. The number of aromatic nitrogens is 2. The zero-order valence-electron chi connectivity index (χ0n) is 19.0. The SMILES string of the molecule is C[C@H]1CCCN(S(=O)(=O)c2ccc3c(c2)nc(SCc2ccccc2)n3C[C@@H]2CCCO2)C1. The zero-order chi connectivity index (χ0) is 22.8. The lowest BCUT2D eigenvalue weighted by Gasteiger charge is -2.30. The number of benzene rings is 2. The molecule has 5 rings (SSSR count). The first-order valence-corrected chi connectivity index (χ1v) is 14.2. The van der Waals surface area contributed by atoms with Gasteiger partial charge in [0.1, 0.15) is 0 Å². The van der Waals surface area contributed by atoms with E-state index in [1.807, 2.05) is 24.3 Å². The molecule has 0 amide bonds. The third kappa shape index (κ3) is 4.99. The average Bonchev–Trinajstić information content (AvgIpc) is 3.46. The Morgan fingerprint density at radius 1 is 1.12 bits per heavy atom. The second-order valence-electron chi connectivity index (χ2n) is 9.18. The van der Waals surface area contributed by atoms with E-state index in [9.17, 15) is 8.42 Å². The number of sulfonamides is 1. The van der Waals surface area contributed by atoms with Crippen molar-refractivity contribution in [3.63, 3.8) is 0 Å². The van der Waals surface area contributed by atoms with Gasteiger partial charge in [0.25, 0.3) is 0 Å². The molecular formula is C25H31N3O3S2. The van der Waals surface area contributed by atoms with Crippen molar-refractivity contribution >= 4 is 32.8 Å². The molecule has 0 N–H and O–H groups in total. The summed E-state index contributed by atoms with van der Waals surface area (Å²) in [6, 6.07) is 15.8. The number of hydrogen-bond acceptors (Lipinski definition) is 5. The van der Waals surface area contributed by atoms with Gasteiger partial charge in [0, 0.05) is 25.4 Å². The summed E-state index contributed by atoms with van der Waals surface area (Å²) in [4.78, 5) is 5.23. The summed E-state index contributed by atoms with van der Waals surface area (Å²) in [5.74, 6) is 1.20. The predicted molar refractivity (Wildman–Crippen MR) is 132 cm³/mol. The Balaban J connectivity index is 1.47. The maximum Gasteiger partial charge on any atom is 0.243 e. The maximum absolute atomic E-state index is 13.3. The first-order chi connectivity index (χ1) is 16.0. The smallest absolute Gasteiger partial charge is 0.243 e. The normalized spacial score (nSPS) is 22.2. The van der Waals surface area contributed by atoms with Crippen LogP contribution in [0.5, 0.6) is 0 Å². The minimum absolute atomic E-state index is 0.178. The molecule has 2 fully saturated rings. The fourth-order valence-electron chi connectivity index (χ4n) is 4.76. The highest BCUT2D eigenvalue weighted by Gasteiger charge is 2.29. The molecule has 8 heteroatoms. The molecule has 3 aromatic rings. The largest absolute Gasteiger partial charge is 0.376 e. The minimum atomic E-state index is -3.52. The predicted octanol–water partition coefficient (Wildman–Crippen LogP) is 4.93. The van der Waals surface area contributed by atoms with Crippen LogP contribution in [0.2, 0.25) is 0 Å². The van der Waals surface area contributed by atoms with Gasteiger partial charge in [0.2, 0.25) is 10.0 Å². The molecule has 2 atom stereocenters. The molecule has 0 radical (unpaired) electrons. The van der Waals surface area contributed by atoms with Crippen molar-refractivity contribution in [1.82, 2.24) is 13.9 Å². The van der Waals surface area contributed by atoms with E-state index in [2.05, 4.69) is 23.6 Å². The molecule has 0 aliphatic carbocycles. The van der Waals surface area contributed by atoms with Crippen LogP contribution in [0.4, 0.5) is 0 Å². The van der Waals surface area contributed by atoms with Crippen LogP contribution in [0.3, 0.4) is 0 Å². The van der Waals surface area contributed by atoms with Gasteiger partial charge >= 0.3 is 0 Å². The molecule has 1 aromatic heterocycles. The number of hydrogen-bond donors (Lipinski definition) is 0. The highest BCUT2D eigenvalue weighted by molar-refractivity contribution is 7.98. The second-order valence-corrected chi connectivity index (χ2v) is 12.1.